The van der Waals surface area contributed by atoms with Crippen molar-refractivity contribution in [3.8, 4) is 0 Å². The van der Waals surface area contributed by atoms with Crippen molar-refractivity contribution < 1.29 is 9.53 Å². The largest absolute Gasteiger partial charge is 0.465 e. The van der Waals surface area contributed by atoms with Gasteiger partial charge in [0.15, 0.2) is 0 Å². The first-order chi connectivity index (χ1) is 9.03. The quantitative estimate of drug-likeness (QED) is 0.421. The molecule has 0 aliphatic heterocycles. The molecule has 0 aromatic rings. The van der Waals surface area contributed by atoms with Crippen molar-refractivity contribution in [3.05, 3.63) is 0 Å². The van der Waals surface area contributed by atoms with E-state index in [0.29, 0.717) is 6.61 Å². The van der Waals surface area contributed by atoms with E-state index in [4.69, 9.17) is 4.74 Å². The molecule has 0 aliphatic carbocycles. The predicted molar refractivity (Wildman–Crippen MR) is 88.5 cm³/mol. The molecule has 0 amide bonds. The van der Waals surface area contributed by atoms with E-state index in [1.54, 1.807) is 0 Å². The zero-order valence-corrected chi connectivity index (χ0v) is 14.9. The average Bonchev–Trinajstić information content (AvgIpc) is 2.44. The lowest BCUT2D eigenvalue weighted by Gasteiger charge is -2.26. The SMILES string of the molecule is CCCCC(C)(CC)C(=O)OCCCN(CC)CC.Cl. The highest BCUT2D eigenvalue weighted by Crippen LogP contribution is 2.29. The summed E-state index contributed by atoms with van der Waals surface area (Å²) in [5.41, 5.74) is -0.286. The normalized spacial score (nSPS) is 13.7. The first-order valence-electron chi connectivity index (χ1n) is 7.93. The molecule has 122 valence electrons. The summed E-state index contributed by atoms with van der Waals surface area (Å²) in [5, 5.41) is 0. The van der Waals surface area contributed by atoms with Gasteiger partial charge in [0.25, 0.3) is 0 Å². The highest BCUT2D eigenvalue weighted by atomic mass is 35.5. The van der Waals surface area contributed by atoms with E-state index in [0.717, 1.165) is 51.7 Å². The monoisotopic (exact) mass is 307 g/mol. The molecule has 0 aromatic carbocycles. The van der Waals surface area contributed by atoms with Gasteiger partial charge in [-0.15, -0.1) is 12.4 Å². The molecule has 0 aromatic heterocycles. The summed E-state index contributed by atoms with van der Waals surface area (Å²) in [6.45, 7) is 14.3. The van der Waals surface area contributed by atoms with Crippen LogP contribution in [0.15, 0.2) is 0 Å². The molecule has 0 radical (unpaired) electrons. The number of carbonyl (C=O) groups excluding carboxylic acids is 1. The molecule has 0 spiro atoms. The average molecular weight is 308 g/mol. The van der Waals surface area contributed by atoms with Crippen molar-refractivity contribution in [1.82, 2.24) is 4.90 Å². The fourth-order valence-corrected chi connectivity index (χ4v) is 2.16. The van der Waals surface area contributed by atoms with Crippen LogP contribution in [0.4, 0.5) is 0 Å². The van der Waals surface area contributed by atoms with E-state index >= 15 is 0 Å². The molecule has 0 saturated heterocycles. The number of hydrogen-bond acceptors (Lipinski definition) is 3. The maximum Gasteiger partial charge on any atom is 0.311 e. The van der Waals surface area contributed by atoms with Gasteiger partial charge in [0.2, 0.25) is 0 Å². The second kappa shape index (κ2) is 12.5. The molecule has 4 heteroatoms. The van der Waals surface area contributed by atoms with Crippen LogP contribution in [0, 0.1) is 5.41 Å². The summed E-state index contributed by atoms with van der Waals surface area (Å²) >= 11 is 0. The van der Waals surface area contributed by atoms with Crippen molar-refractivity contribution in [2.75, 3.05) is 26.2 Å². The maximum absolute atomic E-state index is 12.1. The molecule has 20 heavy (non-hydrogen) atoms. The van der Waals surface area contributed by atoms with Gasteiger partial charge in [0.05, 0.1) is 12.0 Å². The Balaban J connectivity index is 0. The summed E-state index contributed by atoms with van der Waals surface area (Å²) in [7, 11) is 0. The summed E-state index contributed by atoms with van der Waals surface area (Å²) in [5.74, 6) is -0.0111. The lowest BCUT2D eigenvalue weighted by atomic mass is 9.82. The minimum atomic E-state index is -0.286. The fourth-order valence-electron chi connectivity index (χ4n) is 2.16. The van der Waals surface area contributed by atoms with Crippen LogP contribution in [0.25, 0.3) is 0 Å². The zero-order valence-electron chi connectivity index (χ0n) is 14.0. The van der Waals surface area contributed by atoms with Gasteiger partial charge in [-0.05, 0) is 39.3 Å². The summed E-state index contributed by atoms with van der Waals surface area (Å²) in [4.78, 5) is 14.5. The number of rotatable bonds is 11. The van der Waals surface area contributed by atoms with Crippen LogP contribution < -0.4 is 0 Å². The number of ether oxygens (including phenoxy) is 1. The number of halogens is 1. The second-order valence-corrected chi connectivity index (χ2v) is 5.53. The molecule has 3 nitrogen and oxygen atoms in total. The van der Waals surface area contributed by atoms with E-state index in [1.165, 1.54) is 0 Å². The van der Waals surface area contributed by atoms with Crippen LogP contribution >= 0.6 is 12.4 Å². The van der Waals surface area contributed by atoms with E-state index in [2.05, 4.69) is 32.6 Å². The molecule has 0 saturated carbocycles. The van der Waals surface area contributed by atoms with E-state index in [-0.39, 0.29) is 23.8 Å². The number of unbranched alkanes of at least 4 members (excludes halogenated alkanes) is 1. The van der Waals surface area contributed by atoms with Gasteiger partial charge >= 0.3 is 5.97 Å². The van der Waals surface area contributed by atoms with Crippen LogP contribution in [0.1, 0.15) is 66.7 Å². The van der Waals surface area contributed by atoms with Crippen LogP contribution in [0.3, 0.4) is 0 Å². The van der Waals surface area contributed by atoms with Gasteiger partial charge < -0.3 is 9.64 Å². The molecule has 0 rings (SSSR count). The van der Waals surface area contributed by atoms with Gasteiger partial charge in [-0.3, -0.25) is 4.79 Å². The van der Waals surface area contributed by atoms with Crippen molar-refractivity contribution in [3.63, 3.8) is 0 Å². The smallest absolute Gasteiger partial charge is 0.311 e. The number of carbonyl (C=O) groups is 1. The molecule has 0 fully saturated rings. The van der Waals surface area contributed by atoms with Gasteiger partial charge in [-0.2, -0.15) is 0 Å². The molecule has 1 atom stereocenters. The standard InChI is InChI=1S/C16H33NO2.ClH/c1-6-10-12-16(5,7-2)15(18)19-14-11-13-17(8-3)9-4;/h6-14H2,1-5H3;1H. The number of hydrogen-bond donors (Lipinski definition) is 0. The molecule has 0 N–H and O–H groups in total. The van der Waals surface area contributed by atoms with Crippen LogP contribution in [-0.4, -0.2) is 37.1 Å². The van der Waals surface area contributed by atoms with Gasteiger partial charge in [0, 0.05) is 6.54 Å². The lowest BCUT2D eigenvalue weighted by molar-refractivity contribution is -0.155. The molecular weight excluding hydrogens is 274 g/mol. The van der Waals surface area contributed by atoms with E-state index < -0.39 is 0 Å². The summed E-state index contributed by atoms with van der Waals surface area (Å²) < 4.78 is 5.47. The van der Waals surface area contributed by atoms with Gasteiger partial charge in [-0.1, -0.05) is 40.5 Å². The topological polar surface area (TPSA) is 29.5 Å². The van der Waals surface area contributed by atoms with Crippen LogP contribution in [0.2, 0.25) is 0 Å². The predicted octanol–water partition coefficient (Wildman–Crippen LogP) is 4.29. The van der Waals surface area contributed by atoms with Gasteiger partial charge in [0.1, 0.15) is 0 Å². The summed E-state index contributed by atoms with van der Waals surface area (Å²) in [6.07, 6.45) is 4.96. The maximum atomic E-state index is 12.1. The van der Waals surface area contributed by atoms with E-state index in [1.807, 2.05) is 6.92 Å². The Morgan fingerprint density at radius 3 is 2.15 bits per heavy atom. The van der Waals surface area contributed by atoms with Crippen molar-refractivity contribution in [2.45, 2.75) is 66.7 Å². The summed E-state index contributed by atoms with van der Waals surface area (Å²) in [6, 6.07) is 0. The lowest BCUT2D eigenvalue weighted by Crippen LogP contribution is -2.30. The Morgan fingerprint density at radius 1 is 1.10 bits per heavy atom. The van der Waals surface area contributed by atoms with Crippen molar-refractivity contribution >= 4 is 18.4 Å². The third-order valence-corrected chi connectivity index (χ3v) is 4.10. The molecular formula is C16H34ClNO2. The highest BCUT2D eigenvalue weighted by molar-refractivity contribution is 5.85. The Kier molecular flexibility index (Phi) is 13.7. The Morgan fingerprint density at radius 2 is 1.70 bits per heavy atom. The Labute approximate surface area is 131 Å². The highest BCUT2D eigenvalue weighted by Gasteiger charge is 2.32. The van der Waals surface area contributed by atoms with Crippen molar-refractivity contribution in [1.29, 1.82) is 0 Å². The van der Waals surface area contributed by atoms with Crippen molar-refractivity contribution in [2.24, 2.45) is 5.41 Å². The van der Waals surface area contributed by atoms with Gasteiger partial charge in [-0.25, -0.2) is 0 Å². The second-order valence-electron chi connectivity index (χ2n) is 5.53. The number of esters is 1. The molecule has 1 unspecified atom stereocenters. The molecule has 0 heterocycles. The van der Waals surface area contributed by atoms with Crippen LogP contribution in [0.5, 0.6) is 0 Å². The first-order valence-corrected chi connectivity index (χ1v) is 7.93. The Hall–Kier alpha value is -0.280. The third kappa shape index (κ3) is 8.11. The van der Waals surface area contributed by atoms with E-state index in [9.17, 15) is 4.79 Å². The zero-order chi connectivity index (χ0) is 14.7. The minimum Gasteiger partial charge on any atom is -0.465 e. The third-order valence-electron chi connectivity index (χ3n) is 4.10. The fraction of sp³-hybridized carbons (Fsp3) is 0.938. The molecule has 0 bridgehead atoms. The minimum absolute atomic E-state index is 0. The van der Waals surface area contributed by atoms with Crippen LogP contribution in [-0.2, 0) is 9.53 Å². The first kappa shape index (κ1) is 22.0. The Bertz CT molecular complexity index is 245. The number of nitrogens with zero attached hydrogens (tertiary/aromatic N) is 1. The molecule has 0 aliphatic rings.